The average molecular weight is 384 g/mol. The summed E-state index contributed by atoms with van der Waals surface area (Å²) in [4.78, 5) is 11.4. The van der Waals surface area contributed by atoms with Gasteiger partial charge in [-0.15, -0.1) is 0 Å². The summed E-state index contributed by atoms with van der Waals surface area (Å²) in [5.41, 5.74) is 0.306. The summed E-state index contributed by atoms with van der Waals surface area (Å²) < 4.78 is 0. The van der Waals surface area contributed by atoms with Crippen LogP contribution in [-0.2, 0) is 0 Å². The van der Waals surface area contributed by atoms with Gasteiger partial charge in [0, 0.05) is 0 Å². The van der Waals surface area contributed by atoms with E-state index in [1.165, 1.54) is 21.2 Å². The van der Waals surface area contributed by atoms with Gasteiger partial charge in [0.1, 0.15) is 0 Å². The molecule has 4 aromatic rings. The van der Waals surface area contributed by atoms with Gasteiger partial charge in [-0.3, -0.25) is 0 Å². The Morgan fingerprint density at radius 3 is 1.14 bits per heavy atom. The van der Waals surface area contributed by atoms with E-state index in [0.717, 1.165) is 0 Å². The van der Waals surface area contributed by atoms with Crippen molar-refractivity contribution >= 4 is 34.4 Å². The van der Waals surface area contributed by atoms with Crippen LogP contribution in [0.1, 0.15) is 10.4 Å². The summed E-state index contributed by atoms with van der Waals surface area (Å²) >= 11 is 0. The molecule has 138 valence electrons. The molecule has 0 aliphatic heterocycles. The van der Waals surface area contributed by atoms with Crippen LogP contribution >= 0.6 is 7.26 Å². The molecule has 2 nitrogen and oxygen atoms in total. The van der Waals surface area contributed by atoms with E-state index < -0.39 is 13.2 Å². The van der Waals surface area contributed by atoms with Crippen LogP contribution in [0.5, 0.6) is 0 Å². The van der Waals surface area contributed by atoms with Gasteiger partial charge in [-0.1, -0.05) is 0 Å². The van der Waals surface area contributed by atoms with Crippen LogP contribution in [0.4, 0.5) is 0 Å². The van der Waals surface area contributed by atoms with Crippen molar-refractivity contribution in [3.63, 3.8) is 0 Å². The summed E-state index contributed by atoms with van der Waals surface area (Å²) in [5, 5.41) is 14.3. The van der Waals surface area contributed by atoms with Crippen LogP contribution in [0.25, 0.3) is 0 Å². The zero-order chi connectivity index (χ0) is 19.4. The molecule has 0 heterocycles. The Hall–Kier alpha value is -3.22. The van der Waals surface area contributed by atoms with Gasteiger partial charge in [0.2, 0.25) is 0 Å². The molecule has 0 aromatic heterocycles. The third kappa shape index (κ3) is 3.13. The molecule has 0 bridgehead atoms. The Kier molecular flexibility index (Phi) is 5.06. The second-order valence-electron chi connectivity index (χ2n) is 6.73. The van der Waals surface area contributed by atoms with Crippen LogP contribution < -0.4 is 21.2 Å². The summed E-state index contributed by atoms with van der Waals surface area (Å²) in [5.74, 6) is -0.905. The molecule has 0 aliphatic rings. The molecule has 0 amide bonds. The minimum atomic E-state index is -2.55. The van der Waals surface area contributed by atoms with E-state index >= 15 is 0 Å². The molecule has 0 saturated heterocycles. The van der Waals surface area contributed by atoms with Crippen molar-refractivity contribution in [2.45, 2.75) is 0 Å². The topological polar surface area (TPSA) is 37.3 Å². The standard InChI is InChI=1S/C25H21O2P/c26-25(27)20-16-18-24(19-17-20)28(21-10-4-1-5-11-21,22-12-6-2-7-13-22)23-14-8-3-9-15-23/h1-19,28H,(H,26,27). The van der Waals surface area contributed by atoms with Crippen molar-refractivity contribution in [3.05, 3.63) is 121 Å². The fraction of sp³-hybridized carbons (Fsp3) is 0. The molecule has 4 aromatic carbocycles. The Balaban J connectivity index is 2.08. The summed E-state index contributed by atoms with van der Waals surface area (Å²) in [6, 6.07) is 39.1. The Morgan fingerprint density at radius 1 is 0.500 bits per heavy atom. The Morgan fingerprint density at radius 2 is 0.821 bits per heavy atom. The number of benzene rings is 4. The van der Waals surface area contributed by atoms with E-state index in [2.05, 4.69) is 72.8 Å². The first kappa shape index (κ1) is 18.2. The van der Waals surface area contributed by atoms with Crippen LogP contribution in [0.2, 0.25) is 0 Å². The van der Waals surface area contributed by atoms with E-state index in [9.17, 15) is 9.90 Å². The van der Waals surface area contributed by atoms with E-state index in [0.29, 0.717) is 5.56 Å². The van der Waals surface area contributed by atoms with Crippen molar-refractivity contribution in [1.82, 2.24) is 0 Å². The molecule has 0 spiro atoms. The number of rotatable bonds is 5. The molecule has 0 unspecified atom stereocenters. The average Bonchev–Trinajstić information content (AvgIpc) is 2.77. The number of carboxylic acids is 1. The van der Waals surface area contributed by atoms with E-state index in [1.807, 2.05) is 30.3 Å². The zero-order valence-corrected chi connectivity index (χ0v) is 16.3. The normalized spacial score (nSPS) is 11.7. The van der Waals surface area contributed by atoms with Crippen LogP contribution in [0, 0.1) is 0 Å². The minimum absolute atomic E-state index is 0.306. The predicted octanol–water partition coefficient (Wildman–Crippen LogP) is 3.74. The van der Waals surface area contributed by atoms with Crippen LogP contribution in [-0.4, -0.2) is 11.1 Å². The molecule has 0 aliphatic carbocycles. The monoisotopic (exact) mass is 384 g/mol. The van der Waals surface area contributed by atoms with E-state index in [4.69, 9.17) is 0 Å². The molecule has 0 saturated carbocycles. The second-order valence-corrected chi connectivity index (χ2v) is 10.5. The van der Waals surface area contributed by atoms with Gasteiger partial charge in [-0.05, 0) is 0 Å². The van der Waals surface area contributed by atoms with E-state index in [-0.39, 0.29) is 0 Å². The summed E-state index contributed by atoms with van der Waals surface area (Å²) in [7, 11) is -2.55. The van der Waals surface area contributed by atoms with Crippen LogP contribution in [0.3, 0.4) is 0 Å². The van der Waals surface area contributed by atoms with Crippen molar-refractivity contribution in [3.8, 4) is 0 Å². The fourth-order valence-corrected chi connectivity index (χ4v) is 8.67. The predicted molar refractivity (Wildman–Crippen MR) is 120 cm³/mol. The van der Waals surface area contributed by atoms with Crippen molar-refractivity contribution in [1.29, 1.82) is 0 Å². The van der Waals surface area contributed by atoms with Crippen LogP contribution in [0.15, 0.2) is 115 Å². The molecule has 0 fully saturated rings. The third-order valence-electron chi connectivity index (χ3n) is 5.19. The quantitative estimate of drug-likeness (QED) is 0.533. The number of hydrogen-bond donors (Lipinski definition) is 1. The first-order valence-electron chi connectivity index (χ1n) is 9.23. The van der Waals surface area contributed by atoms with Gasteiger partial charge in [0.25, 0.3) is 0 Å². The molecule has 28 heavy (non-hydrogen) atoms. The van der Waals surface area contributed by atoms with Gasteiger partial charge >= 0.3 is 165 Å². The number of hydrogen-bond acceptors (Lipinski definition) is 1. The third-order valence-corrected chi connectivity index (χ3v) is 9.98. The second kappa shape index (κ2) is 7.80. The maximum atomic E-state index is 11.4. The molecular weight excluding hydrogens is 363 g/mol. The van der Waals surface area contributed by atoms with Crippen molar-refractivity contribution < 1.29 is 9.90 Å². The molecule has 3 heteroatoms. The fourth-order valence-electron chi connectivity index (χ4n) is 3.93. The van der Waals surface area contributed by atoms with Crippen molar-refractivity contribution in [2.24, 2.45) is 0 Å². The summed E-state index contributed by atoms with van der Waals surface area (Å²) in [6.07, 6.45) is 0. The number of carbonyl (C=O) groups is 1. The van der Waals surface area contributed by atoms with Gasteiger partial charge < -0.3 is 0 Å². The molecular formula is C25H21O2P. The first-order chi connectivity index (χ1) is 13.7. The summed E-state index contributed by atoms with van der Waals surface area (Å²) in [6.45, 7) is 0. The van der Waals surface area contributed by atoms with Crippen molar-refractivity contribution in [2.75, 3.05) is 0 Å². The van der Waals surface area contributed by atoms with E-state index in [1.54, 1.807) is 12.1 Å². The molecule has 1 N–H and O–H groups in total. The number of aromatic carboxylic acids is 1. The zero-order valence-electron chi connectivity index (χ0n) is 15.3. The molecule has 4 rings (SSSR count). The van der Waals surface area contributed by atoms with Gasteiger partial charge in [-0.25, -0.2) is 0 Å². The maximum absolute atomic E-state index is 11.4. The Bertz CT molecular complexity index is 963. The van der Waals surface area contributed by atoms with Gasteiger partial charge in [0.15, 0.2) is 0 Å². The Labute approximate surface area is 165 Å². The molecule has 0 radical (unpaired) electrons. The molecule has 0 atom stereocenters. The number of carboxylic acid groups (broad SMARTS) is 1. The van der Waals surface area contributed by atoms with Gasteiger partial charge in [0.05, 0.1) is 0 Å². The van der Waals surface area contributed by atoms with Gasteiger partial charge in [-0.2, -0.15) is 0 Å². The first-order valence-corrected chi connectivity index (χ1v) is 11.2. The SMILES string of the molecule is O=C(O)c1ccc([PH](c2ccccc2)(c2ccccc2)c2ccccc2)cc1.